The predicted molar refractivity (Wildman–Crippen MR) is 75.5 cm³/mol. The van der Waals surface area contributed by atoms with Gasteiger partial charge in [-0.25, -0.2) is 9.78 Å². The fraction of sp³-hybridized carbons (Fsp3) is 0.500. The largest absolute Gasteiger partial charge is 0.451 e. The van der Waals surface area contributed by atoms with Gasteiger partial charge in [0.05, 0.1) is 17.8 Å². The monoisotopic (exact) mass is 306 g/mol. The summed E-state index contributed by atoms with van der Waals surface area (Å²) in [6, 6.07) is 0. The molecule has 1 saturated heterocycles. The number of hydrogen-bond acceptors (Lipinski definition) is 6. The maximum Gasteiger partial charge on any atom is 0.359 e. The van der Waals surface area contributed by atoms with E-state index in [2.05, 4.69) is 9.97 Å². The van der Waals surface area contributed by atoms with E-state index in [4.69, 9.17) is 10.5 Å². The highest BCUT2D eigenvalue weighted by Crippen LogP contribution is 2.16. The Labute approximate surface area is 127 Å². The van der Waals surface area contributed by atoms with Crippen LogP contribution in [0.25, 0.3) is 0 Å². The van der Waals surface area contributed by atoms with Crippen LogP contribution in [0.3, 0.4) is 0 Å². The molecule has 0 unspecified atom stereocenters. The van der Waals surface area contributed by atoms with Crippen LogP contribution in [0.5, 0.6) is 0 Å². The van der Waals surface area contributed by atoms with Crippen molar-refractivity contribution in [1.82, 2.24) is 14.9 Å². The number of carbonyl (C=O) groups excluding carboxylic acids is 3. The molecule has 1 aliphatic heterocycles. The number of carbonyl (C=O) groups is 3. The molecule has 1 aromatic rings. The van der Waals surface area contributed by atoms with Gasteiger partial charge < -0.3 is 15.4 Å². The van der Waals surface area contributed by atoms with E-state index in [-0.39, 0.29) is 30.7 Å². The number of primary amides is 1. The molecular formula is C14H18N4O4. The standard InChI is InChI=1S/C14H18N4O4/c1-9-5-17-11(6-16-9)14(21)22-8-12(19)18-4-2-3-10(7-18)13(15)20/h5-6,10H,2-4,7-8H2,1H3,(H2,15,20)/t10-/m0/s1. The van der Waals surface area contributed by atoms with E-state index in [9.17, 15) is 14.4 Å². The molecule has 0 bridgehead atoms. The number of esters is 1. The van der Waals surface area contributed by atoms with Crippen molar-refractivity contribution in [3.05, 3.63) is 23.8 Å². The Bertz CT molecular complexity index is 573. The summed E-state index contributed by atoms with van der Waals surface area (Å²) in [5.74, 6) is -1.80. The average Bonchev–Trinajstić information content (AvgIpc) is 2.53. The number of nitrogens with two attached hydrogens (primary N) is 1. The topological polar surface area (TPSA) is 115 Å². The number of aryl methyl sites for hydroxylation is 1. The summed E-state index contributed by atoms with van der Waals surface area (Å²) in [4.78, 5) is 44.3. The van der Waals surface area contributed by atoms with Crippen molar-refractivity contribution in [1.29, 1.82) is 0 Å². The first-order chi connectivity index (χ1) is 10.5. The Balaban J connectivity index is 1.85. The minimum Gasteiger partial charge on any atom is -0.451 e. The third-order valence-electron chi connectivity index (χ3n) is 3.49. The van der Waals surface area contributed by atoms with Crippen molar-refractivity contribution >= 4 is 17.8 Å². The molecule has 1 fully saturated rings. The van der Waals surface area contributed by atoms with Gasteiger partial charge in [-0.2, -0.15) is 0 Å². The highest BCUT2D eigenvalue weighted by molar-refractivity contribution is 5.89. The first-order valence-corrected chi connectivity index (χ1v) is 7.00. The molecule has 8 nitrogen and oxygen atoms in total. The quantitative estimate of drug-likeness (QED) is 0.761. The Morgan fingerprint density at radius 3 is 2.77 bits per heavy atom. The number of aromatic nitrogens is 2. The Morgan fingerprint density at radius 2 is 2.14 bits per heavy atom. The van der Waals surface area contributed by atoms with Crippen LogP contribution in [0.2, 0.25) is 0 Å². The van der Waals surface area contributed by atoms with Crippen molar-refractivity contribution in [3.8, 4) is 0 Å². The fourth-order valence-corrected chi connectivity index (χ4v) is 2.23. The van der Waals surface area contributed by atoms with E-state index in [1.807, 2.05) is 0 Å². The first-order valence-electron chi connectivity index (χ1n) is 7.00. The van der Waals surface area contributed by atoms with Crippen LogP contribution in [0.1, 0.15) is 29.0 Å². The molecule has 2 rings (SSSR count). The molecule has 0 aromatic carbocycles. The van der Waals surface area contributed by atoms with Crippen molar-refractivity contribution in [2.24, 2.45) is 11.7 Å². The van der Waals surface area contributed by atoms with Crippen LogP contribution < -0.4 is 5.73 Å². The lowest BCUT2D eigenvalue weighted by Crippen LogP contribution is -2.45. The second-order valence-corrected chi connectivity index (χ2v) is 5.20. The van der Waals surface area contributed by atoms with E-state index in [1.54, 1.807) is 6.92 Å². The van der Waals surface area contributed by atoms with Crippen LogP contribution in [0.15, 0.2) is 12.4 Å². The van der Waals surface area contributed by atoms with E-state index in [0.29, 0.717) is 25.1 Å². The third-order valence-corrected chi connectivity index (χ3v) is 3.49. The van der Waals surface area contributed by atoms with E-state index < -0.39 is 11.9 Å². The second kappa shape index (κ2) is 6.97. The Morgan fingerprint density at radius 1 is 1.36 bits per heavy atom. The summed E-state index contributed by atoms with van der Waals surface area (Å²) < 4.78 is 4.93. The highest BCUT2D eigenvalue weighted by Gasteiger charge is 2.27. The second-order valence-electron chi connectivity index (χ2n) is 5.20. The minimum absolute atomic E-state index is 0.0482. The van der Waals surface area contributed by atoms with Crippen LogP contribution in [0, 0.1) is 12.8 Å². The summed E-state index contributed by atoms with van der Waals surface area (Å²) >= 11 is 0. The van der Waals surface area contributed by atoms with E-state index in [0.717, 1.165) is 0 Å². The molecule has 1 aromatic heterocycles. The van der Waals surface area contributed by atoms with Crippen LogP contribution in [0.4, 0.5) is 0 Å². The lowest BCUT2D eigenvalue weighted by Gasteiger charge is -2.30. The molecule has 2 N–H and O–H groups in total. The molecule has 2 heterocycles. The number of rotatable bonds is 4. The molecule has 1 atom stereocenters. The number of ether oxygens (including phenoxy) is 1. The van der Waals surface area contributed by atoms with Crippen LogP contribution in [-0.4, -0.2) is 52.3 Å². The zero-order valence-electron chi connectivity index (χ0n) is 12.3. The number of likely N-dealkylation sites (tertiary alicyclic amines) is 1. The van der Waals surface area contributed by atoms with Gasteiger partial charge in [0.1, 0.15) is 0 Å². The normalized spacial score (nSPS) is 17.9. The lowest BCUT2D eigenvalue weighted by molar-refractivity contribution is -0.137. The van der Waals surface area contributed by atoms with Crippen molar-refractivity contribution in [2.45, 2.75) is 19.8 Å². The van der Waals surface area contributed by atoms with Gasteiger partial charge in [0.25, 0.3) is 5.91 Å². The summed E-state index contributed by atoms with van der Waals surface area (Å²) in [6.07, 6.45) is 4.13. The zero-order valence-corrected chi connectivity index (χ0v) is 12.3. The van der Waals surface area contributed by atoms with Crippen LogP contribution >= 0.6 is 0 Å². The summed E-state index contributed by atoms with van der Waals surface area (Å²) in [6.45, 7) is 2.16. The summed E-state index contributed by atoms with van der Waals surface area (Å²) in [5.41, 5.74) is 5.99. The molecule has 0 saturated carbocycles. The molecule has 2 amide bonds. The molecule has 118 valence electrons. The first kappa shape index (κ1) is 15.9. The van der Waals surface area contributed by atoms with Crippen molar-refractivity contribution in [3.63, 3.8) is 0 Å². The van der Waals surface area contributed by atoms with E-state index in [1.165, 1.54) is 17.3 Å². The fourth-order valence-electron chi connectivity index (χ4n) is 2.23. The molecule has 22 heavy (non-hydrogen) atoms. The number of piperidine rings is 1. The van der Waals surface area contributed by atoms with Crippen LogP contribution in [-0.2, 0) is 14.3 Å². The zero-order chi connectivity index (χ0) is 16.1. The van der Waals surface area contributed by atoms with Gasteiger partial charge in [-0.1, -0.05) is 0 Å². The number of nitrogens with zero attached hydrogens (tertiary/aromatic N) is 3. The SMILES string of the molecule is Cc1cnc(C(=O)OCC(=O)N2CCC[C@H](C(N)=O)C2)cn1. The lowest BCUT2D eigenvalue weighted by atomic mass is 9.97. The van der Waals surface area contributed by atoms with E-state index >= 15 is 0 Å². The molecule has 0 aliphatic carbocycles. The molecular weight excluding hydrogens is 288 g/mol. The highest BCUT2D eigenvalue weighted by atomic mass is 16.5. The van der Waals surface area contributed by atoms with Gasteiger partial charge in [-0.15, -0.1) is 0 Å². The Hall–Kier alpha value is -2.51. The van der Waals surface area contributed by atoms with Crippen molar-refractivity contribution in [2.75, 3.05) is 19.7 Å². The van der Waals surface area contributed by atoms with Gasteiger partial charge in [0, 0.05) is 19.3 Å². The third kappa shape index (κ3) is 4.00. The minimum atomic E-state index is -0.704. The van der Waals surface area contributed by atoms with Gasteiger partial charge in [0.15, 0.2) is 12.3 Å². The maximum atomic E-state index is 12.0. The molecule has 0 radical (unpaired) electrons. The smallest absolute Gasteiger partial charge is 0.359 e. The summed E-state index contributed by atoms with van der Waals surface area (Å²) in [7, 11) is 0. The summed E-state index contributed by atoms with van der Waals surface area (Å²) in [5, 5.41) is 0. The number of amides is 2. The molecule has 8 heteroatoms. The average molecular weight is 306 g/mol. The van der Waals surface area contributed by atoms with Gasteiger partial charge >= 0.3 is 5.97 Å². The van der Waals surface area contributed by atoms with Gasteiger partial charge in [0.2, 0.25) is 5.91 Å². The molecule has 1 aliphatic rings. The van der Waals surface area contributed by atoms with Gasteiger partial charge in [-0.05, 0) is 19.8 Å². The number of hydrogen-bond donors (Lipinski definition) is 1. The molecule has 0 spiro atoms. The maximum absolute atomic E-state index is 12.0. The van der Waals surface area contributed by atoms with Crippen molar-refractivity contribution < 1.29 is 19.1 Å². The Kier molecular flexibility index (Phi) is 5.03. The predicted octanol–water partition coefficient (Wildman–Crippen LogP) is -0.334. The van der Waals surface area contributed by atoms with Gasteiger partial charge in [-0.3, -0.25) is 14.6 Å².